The molecule has 0 N–H and O–H groups in total. The molecule has 4 nitrogen and oxygen atoms in total. The molecular formula is C22H23F3N4. The fourth-order valence-electron chi connectivity index (χ4n) is 4.49. The summed E-state index contributed by atoms with van der Waals surface area (Å²) in [7, 11) is 0. The molecule has 5 rings (SSSR count). The van der Waals surface area contributed by atoms with Crippen LogP contribution in [0.3, 0.4) is 0 Å². The summed E-state index contributed by atoms with van der Waals surface area (Å²) in [5.41, 5.74) is 0.256. The van der Waals surface area contributed by atoms with Crippen molar-refractivity contribution < 1.29 is 13.2 Å². The van der Waals surface area contributed by atoms with E-state index in [1.165, 1.54) is 12.8 Å². The predicted molar refractivity (Wildman–Crippen MR) is 105 cm³/mol. The molecule has 0 bridgehead atoms. The van der Waals surface area contributed by atoms with Gasteiger partial charge in [-0.05, 0) is 43.2 Å². The van der Waals surface area contributed by atoms with Crippen LogP contribution in [0.2, 0.25) is 0 Å². The van der Waals surface area contributed by atoms with Crippen molar-refractivity contribution in [3.05, 3.63) is 60.0 Å². The summed E-state index contributed by atoms with van der Waals surface area (Å²) in [6.07, 6.45) is 1.22. The quantitative estimate of drug-likeness (QED) is 0.632. The van der Waals surface area contributed by atoms with Crippen molar-refractivity contribution in [1.82, 2.24) is 14.6 Å². The van der Waals surface area contributed by atoms with Crippen molar-refractivity contribution in [2.75, 3.05) is 18.0 Å². The summed E-state index contributed by atoms with van der Waals surface area (Å²) in [6, 6.07) is 12.2. The highest BCUT2D eigenvalue weighted by atomic mass is 19.4. The molecular weight excluding hydrogens is 377 g/mol. The lowest BCUT2D eigenvalue weighted by Gasteiger charge is -2.44. The summed E-state index contributed by atoms with van der Waals surface area (Å²) < 4.78 is 44.3. The Kier molecular flexibility index (Phi) is 4.29. The zero-order chi connectivity index (χ0) is 20.1. The van der Waals surface area contributed by atoms with E-state index >= 15 is 0 Å². The van der Waals surface area contributed by atoms with Crippen molar-refractivity contribution in [2.45, 2.75) is 43.7 Å². The number of fused-ring (bicyclic) bond motifs is 1. The highest BCUT2D eigenvalue weighted by Gasteiger charge is 2.56. The minimum Gasteiger partial charge on any atom is -0.371 e. The van der Waals surface area contributed by atoms with Crippen LogP contribution in [0.25, 0.3) is 5.65 Å². The van der Waals surface area contributed by atoms with E-state index in [0.717, 1.165) is 29.5 Å². The monoisotopic (exact) mass is 400 g/mol. The Hall–Kier alpha value is -2.57. The first-order valence-electron chi connectivity index (χ1n) is 10.2. The van der Waals surface area contributed by atoms with Gasteiger partial charge >= 0.3 is 6.18 Å². The maximum absolute atomic E-state index is 14.1. The number of anilines is 1. The summed E-state index contributed by atoms with van der Waals surface area (Å²) in [5.74, 6) is 1.69. The Labute approximate surface area is 167 Å². The SMILES string of the molecule is FC(F)(F)C1(c2ccccc2)CCN(c2ccn3c(CC4CC4)nnc3c2)CC1. The topological polar surface area (TPSA) is 33.4 Å². The molecule has 0 amide bonds. The molecule has 2 aromatic heterocycles. The Balaban J connectivity index is 1.38. The molecule has 7 heteroatoms. The van der Waals surface area contributed by atoms with E-state index < -0.39 is 11.6 Å². The minimum atomic E-state index is -4.27. The molecule has 0 radical (unpaired) electrons. The maximum Gasteiger partial charge on any atom is 0.398 e. The Morgan fingerprint density at radius 2 is 1.72 bits per heavy atom. The van der Waals surface area contributed by atoms with Crippen LogP contribution < -0.4 is 4.90 Å². The molecule has 1 aliphatic heterocycles. The average Bonchev–Trinajstić information content (AvgIpc) is 3.46. The zero-order valence-corrected chi connectivity index (χ0v) is 16.1. The molecule has 0 unspecified atom stereocenters. The number of hydrogen-bond donors (Lipinski definition) is 0. The lowest BCUT2D eigenvalue weighted by atomic mass is 9.72. The highest BCUT2D eigenvalue weighted by Crippen LogP contribution is 2.48. The van der Waals surface area contributed by atoms with Crippen LogP contribution in [0, 0.1) is 5.92 Å². The van der Waals surface area contributed by atoms with Crippen molar-refractivity contribution in [1.29, 1.82) is 0 Å². The van der Waals surface area contributed by atoms with Crippen LogP contribution in [0.4, 0.5) is 18.9 Å². The van der Waals surface area contributed by atoms with E-state index in [1.807, 2.05) is 27.6 Å². The number of pyridine rings is 1. The number of halogens is 3. The third-order valence-electron chi connectivity index (χ3n) is 6.48. The van der Waals surface area contributed by atoms with Gasteiger partial charge in [0, 0.05) is 37.5 Å². The maximum atomic E-state index is 14.1. The van der Waals surface area contributed by atoms with Crippen molar-refractivity contribution in [3.8, 4) is 0 Å². The van der Waals surface area contributed by atoms with Crippen LogP contribution in [0.15, 0.2) is 48.7 Å². The number of nitrogens with zero attached hydrogens (tertiary/aromatic N) is 4. The normalized spacial score (nSPS) is 19.6. The van der Waals surface area contributed by atoms with E-state index in [9.17, 15) is 13.2 Å². The van der Waals surface area contributed by atoms with Gasteiger partial charge in [-0.15, -0.1) is 10.2 Å². The molecule has 1 saturated carbocycles. The van der Waals surface area contributed by atoms with Crippen LogP contribution in [-0.4, -0.2) is 33.9 Å². The molecule has 152 valence electrons. The number of benzene rings is 1. The van der Waals surface area contributed by atoms with Gasteiger partial charge < -0.3 is 4.90 Å². The Morgan fingerprint density at radius 3 is 2.38 bits per heavy atom. The van der Waals surface area contributed by atoms with E-state index in [1.54, 1.807) is 30.3 Å². The van der Waals surface area contributed by atoms with Crippen LogP contribution in [0.1, 0.15) is 37.1 Å². The van der Waals surface area contributed by atoms with Gasteiger partial charge in [-0.3, -0.25) is 4.40 Å². The zero-order valence-electron chi connectivity index (χ0n) is 16.1. The minimum absolute atomic E-state index is 0.0469. The smallest absolute Gasteiger partial charge is 0.371 e. The first-order chi connectivity index (χ1) is 14.0. The predicted octanol–water partition coefficient (Wildman–Crippen LogP) is 4.78. The van der Waals surface area contributed by atoms with E-state index in [4.69, 9.17) is 0 Å². The van der Waals surface area contributed by atoms with Gasteiger partial charge in [0.2, 0.25) is 0 Å². The second-order valence-electron chi connectivity index (χ2n) is 8.31. The molecule has 2 aliphatic rings. The first kappa shape index (κ1) is 18.5. The summed E-state index contributed by atoms with van der Waals surface area (Å²) in [5, 5.41) is 8.58. The lowest BCUT2D eigenvalue weighted by molar-refractivity contribution is -0.196. The van der Waals surface area contributed by atoms with Gasteiger partial charge in [0.15, 0.2) is 5.65 Å². The van der Waals surface area contributed by atoms with Gasteiger partial charge in [-0.25, -0.2) is 0 Å². The Bertz CT molecular complexity index is 1000. The molecule has 29 heavy (non-hydrogen) atoms. The summed E-state index contributed by atoms with van der Waals surface area (Å²) >= 11 is 0. The van der Waals surface area contributed by atoms with Crippen LogP contribution in [-0.2, 0) is 11.8 Å². The summed E-state index contributed by atoms with van der Waals surface area (Å²) in [6.45, 7) is 0.710. The van der Waals surface area contributed by atoms with Crippen LogP contribution in [0.5, 0.6) is 0 Å². The molecule has 1 aliphatic carbocycles. The van der Waals surface area contributed by atoms with Crippen LogP contribution >= 0.6 is 0 Å². The third-order valence-corrected chi connectivity index (χ3v) is 6.48. The average molecular weight is 400 g/mol. The first-order valence-corrected chi connectivity index (χ1v) is 10.2. The molecule has 1 aromatic carbocycles. The molecule has 0 spiro atoms. The standard InChI is InChI=1S/C22H23F3N4/c23-22(24,25)21(17-4-2-1-3-5-17)9-12-28(13-10-21)18-8-11-29-19(14-16-6-7-16)26-27-20(29)15-18/h1-5,8,11,15-16H,6-7,9-10,12-14H2. The highest BCUT2D eigenvalue weighted by molar-refractivity contribution is 5.56. The molecule has 1 saturated heterocycles. The van der Waals surface area contributed by atoms with Gasteiger partial charge in [0.25, 0.3) is 0 Å². The van der Waals surface area contributed by atoms with Crippen molar-refractivity contribution in [3.63, 3.8) is 0 Å². The van der Waals surface area contributed by atoms with Gasteiger partial charge in [-0.1, -0.05) is 30.3 Å². The molecule has 0 atom stereocenters. The molecule has 3 aromatic rings. The number of aromatic nitrogens is 3. The summed E-state index contributed by atoms with van der Waals surface area (Å²) in [4.78, 5) is 2.03. The number of piperidine rings is 1. The van der Waals surface area contributed by atoms with Crippen molar-refractivity contribution in [2.24, 2.45) is 5.92 Å². The van der Waals surface area contributed by atoms with E-state index in [0.29, 0.717) is 18.7 Å². The Morgan fingerprint density at radius 1 is 1.00 bits per heavy atom. The van der Waals surface area contributed by atoms with Crippen molar-refractivity contribution >= 4 is 11.3 Å². The fraction of sp³-hybridized carbons (Fsp3) is 0.455. The van der Waals surface area contributed by atoms with Gasteiger partial charge in [0.05, 0.1) is 5.41 Å². The second kappa shape index (κ2) is 6.75. The van der Waals surface area contributed by atoms with Gasteiger partial charge in [-0.2, -0.15) is 13.2 Å². The van der Waals surface area contributed by atoms with E-state index in [2.05, 4.69) is 10.2 Å². The molecule has 2 fully saturated rings. The number of hydrogen-bond acceptors (Lipinski definition) is 3. The lowest BCUT2D eigenvalue weighted by Crippen LogP contribution is -2.51. The van der Waals surface area contributed by atoms with Gasteiger partial charge in [0.1, 0.15) is 5.82 Å². The largest absolute Gasteiger partial charge is 0.398 e. The number of rotatable bonds is 4. The molecule has 3 heterocycles. The third kappa shape index (κ3) is 3.26. The number of alkyl halides is 3. The second-order valence-corrected chi connectivity index (χ2v) is 8.31. The van der Waals surface area contributed by atoms with E-state index in [-0.39, 0.29) is 12.8 Å². The fourth-order valence-corrected chi connectivity index (χ4v) is 4.49.